The van der Waals surface area contributed by atoms with Crippen molar-refractivity contribution in [3.63, 3.8) is 0 Å². The summed E-state index contributed by atoms with van der Waals surface area (Å²) in [6.07, 6.45) is 5.93. The molecule has 0 aromatic heterocycles. The van der Waals surface area contributed by atoms with Gasteiger partial charge in [0.05, 0.1) is 6.07 Å². The molecule has 0 aliphatic heterocycles. The van der Waals surface area contributed by atoms with E-state index >= 15 is 0 Å². The molecule has 0 bridgehead atoms. The molecule has 86 valence electrons. The number of nitriles is 1. The van der Waals surface area contributed by atoms with E-state index in [1.54, 1.807) is 0 Å². The fourth-order valence-electron chi connectivity index (χ4n) is 2.29. The second-order valence-corrected chi connectivity index (χ2v) is 5.30. The normalized spacial score (nSPS) is 26.9. The molecule has 1 saturated carbocycles. The van der Waals surface area contributed by atoms with E-state index in [2.05, 4.69) is 31.9 Å². The van der Waals surface area contributed by atoms with Gasteiger partial charge in [-0.2, -0.15) is 5.26 Å². The van der Waals surface area contributed by atoms with Gasteiger partial charge in [0.15, 0.2) is 0 Å². The van der Waals surface area contributed by atoms with E-state index in [0.717, 1.165) is 24.8 Å². The van der Waals surface area contributed by atoms with Crippen molar-refractivity contribution in [1.29, 1.82) is 5.26 Å². The third-order valence-corrected chi connectivity index (χ3v) is 3.56. The molecule has 0 radical (unpaired) electrons. The van der Waals surface area contributed by atoms with E-state index in [9.17, 15) is 0 Å². The van der Waals surface area contributed by atoms with Gasteiger partial charge in [0.25, 0.3) is 0 Å². The minimum Gasteiger partial charge on any atom is -0.303 e. The van der Waals surface area contributed by atoms with Crippen LogP contribution >= 0.6 is 0 Å². The molecule has 1 fully saturated rings. The lowest BCUT2D eigenvalue weighted by atomic mass is 9.86. The first kappa shape index (κ1) is 12.5. The van der Waals surface area contributed by atoms with Crippen LogP contribution in [0, 0.1) is 23.2 Å². The zero-order valence-electron chi connectivity index (χ0n) is 10.4. The van der Waals surface area contributed by atoms with E-state index < -0.39 is 0 Å². The van der Waals surface area contributed by atoms with Crippen LogP contribution in [0.25, 0.3) is 0 Å². The Hall–Kier alpha value is -0.550. The fourth-order valence-corrected chi connectivity index (χ4v) is 2.29. The molecule has 1 aliphatic carbocycles. The van der Waals surface area contributed by atoms with Crippen LogP contribution in [0.1, 0.15) is 46.0 Å². The summed E-state index contributed by atoms with van der Waals surface area (Å²) in [5.41, 5.74) is 0. The van der Waals surface area contributed by atoms with E-state index in [4.69, 9.17) is 5.26 Å². The van der Waals surface area contributed by atoms with E-state index in [1.165, 1.54) is 25.8 Å². The Kier molecular flexibility index (Phi) is 5.11. The Bertz CT molecular complexity index is 209. The molecule has 0 saturated heterocycles. The van der Waals surface area contributed by atoms with Crippen LogP contribution in [0.15, 0.2) is 0 Å². The molecule has 15 heavy (non-hydrogen) atoms. The molecule has 0 spiro atoms. The quantitative estimate of drug-likeness (QED) is 0.710. The van der Waals surface area contributed by atoms with E-state index in [1.807, 2.05) is 0 Å². The largest absolute Gasteiger partial charge is 0.303 e. The Balaban J connectivity index is 2.24. The topological polar surface area (TPSA) is 27.0 Å². The summed E-state index contributed by atoms with van der Waals surface area (Å²) in [6, 6.07) is 3.13. The monoisotopic (exact) mass is 208 g/mol. The maximum Gasteiger partial charge on any atom is 0.0655 e. The van der Waals surface area contributed by atoms with Gasteiger partial charge in [-0.1, -0.05) is 13.8 Å². The summed E-state index contributed by atoms with van der Waals surface area (Å²) in [5, 5.41) is 8.83. The van der Waals surface area contributed by atoms with Gasteiger partial charge in [-0.3, -0.25) is 0 Å². The summed E-state index contributed by atoms with van der Waals surface area (Å²) < 4.78 is 0. The lowest BCUT2D eigenvalue weighted by molar-refractivity contribution is 0.171. The Morgan fingerprint density at radius 1 is 1.27 bits per heavy atom. The number of nitrogens with zero attached hydrogens (tertiary/aromatic N) is 2. The highest BCUT2D eigenvalue weighted by Gasteiger charge is 2.23. The van der Waals surface area contributed by atoms with E-state index in [0.29, 0.717) is 5.92 Å². The zero-order chi connectivity index (χ0) is 11.3. The molecule has 2 heteroatoms. The van der Waals surface area contributed by atoms with Gasteiger partial charge in [0.2, 0.25) is 0 Å². The highest BCUT2D eigenvalue weighted by atomic mass is 15.1. The Morgan fingerprint density at radius 3 is 2.33 bits per heavy atom. The molecule has 0 atom stereocenters. The van der Waals surface area contributed by atoms with Crippen molar-refractivity contribution in [1.82, 2.24) is 4.90 Å². The molecule has 1 aliphatic rings. The van der Waals surface area contributed by atoms with Crippen molar-refractivity contribution in [3.8, 4) is 6.07 Å². The van der Waals surface area contributed by atoms with Gasteiger partial charge in [-0.25, -0.2) is 0 Å². The maximum atomic E-state index is 8.83. The van der Waals surface area contributed by atoms with Crippen LogP contribution in [0.3, 0.4) is 0 Å². The fraction of sp³-hybridized carbons (Fsp3) is 0.923. The maximum absolute atomic E-state index is 8.83. The lowest BCUT2D eigenvalue weighted by Crippen LogP contribution is -2.36. The van der Waals surface area contributed by atoms with Crippen LogP contribution in [0.4, 0.5) is 0 Å². The third-order valence-electron chi connectivity index (χ3n) is 3.56. The first-order chi connectivity index (χ1) is 7.13. The van der Waals surface area contributed by atoms with Crippen molar-refractivity contribution < 1.29 is 0 Å². The number of hydrogen-bond acceptors (Lipinski definition) is 2. The molecular weight excluding hydrogens is 184 g/mol. The van der Waals surface area contributed by atoms with Crippen molar-refractivity contribution in [2.45, 2.75) is 52.0 Å². The summed E-state index contributed by atoms with van der Waals surface area (Å²) in [5.74, 6) is 1.13. The van der Waals surface area contributed by atoms with E-state index in [-0.39, 0.29) is 0 Å². The van der Waals surface area contributed by atoms with Gasteiger partial charge in [0.1, 0.15) is 0 Å². The number of hydrogen-bond donors (Lipinski definition) is 0. The van der Waals surface area contributed by atoms with Crippen molar-refractivity contribution in [3.05, 3.63) is 0 Å². The summed E-state index contributed by atoms with van der Waals surface area (Å²) in [4.78, 5) is 2.49. The molecule has 0 N–H and O–H groups in total. The van der Waals surface area contributed by atoms with Gasteiger partial charge in [-0.05, 0) is 51.6 Å². The minimum absolute atomic E-state index is 0.333. The van der Waals surface area contributed by atoms with Crippen LogP contribution in [-0.2, 0) is 0 Å². The minimum atomic E-state index is 0.333. The standard InChI is InChI=1S/C13H24N2/c1-11(2)8-9-15(3)13-6-4-12(10-14)5-7-13/h11-13H,4-9H2,1-3H3. The summed E-state index contributed by atoms with van der Waals surface area (Å²) in [6.45, 7) is 5.76. The molecular formula is C13H24N2. The average molecular weight is 208 g/mol. The van der Waals surface area contributed by atoms with Gasteiger partial charge in [-0.15, -0.1) is 0 Å². The molecule has 2 nitrogen and oxygen atoms in total. The smallest absolute Gasteiger partial charge is 0.0655 e. The third kappa shape index (κ3) is 4.22. The zero-order valence-corrected chi connectivity index (χ0v) is 10.4. The molecule has 0 heterocycles. The van der Waals surface area contributed by atoms with Gasteiger partial charge < -0.3 is 4.90 Å². The summed E-state index contributed by atoms with van der Waals surface area (Å²) >= 11 is 0. The average Bonchev–Trinajstić information content (AvgIpc) is 2.26. The summed E-state index contributed by atoms with van der Waals surface area (Å²) in [7, 11) is 2.24. The number of rotatable bonds is 4. The van der Waals surface area contributed by atoms with Crippen LogP contribution < -0.4 is 0 Å². The molecule has 0 amide bonds. The second-order valence-electron chi connectivity index (χ2n) is 5.30. The van der Waals surface area contributed by atoms with Crippen LogP contribution in [-0.4, -0.2) is 24.5 Å². The lowest BCUT2D eigenvalue weighted by Gasteiger charge is -2.33. The SMILES string of the molecule is CC(C)CCN(C)C1CCC(C#N)CC1. The van der Waals surface area contributed by atoms with Crippen molar-refractivity contribution >= 4 is 0 Å². The Labute approximate surface area is 94.3 Å². The predicted molar refractivity (Wildman–Crippen MR) is 63.4 cm³/mol. The van der Waals surface area contributed by atoms with Crippen molar-refractivity contribution in [2.75, 3.05) is 13.6 Å². The first-order valence-corrected chi connectivity index (χ1v) is 6.23. The van der Waals surface area contributed by atoms with Crippen LogP contribution in [0.5, 0.6) is 0 Å². The predicted octanol–water partition coefficient (Wildman–Crippen LogP) is 3.05. The van der Waals surface area contributed by atoms with Crippen LogP contribution in [0.2, 0.25) is 0 Å². The van der Waals surface area contributed by atoms with Gasteiger partial charge in [0, 0.05) is 12.0 Å². The first-order valence-electron chi connectivity index (χ1n) is 6.23. The molecule has 0 aromatic rings. The second kappa shape index (κ2) is 6.12. The Morgan fingerprint density at radius 2 is 1.87 bits per heavy atom. The van der Waals surface area contributed by atoms with Gasteiger partial charge >= 0.3 is 0 Å². The van der Waals surface area contributed by atoms with Crippen molar-refractivity contribution in [2.24, 2.45) is 11.8 Å². The molecule has 0 unspecified atom stereocenters. The molecule has 0 aromatic carbocycles. The highest BCUT2D eigenvalue weighted by Crippen LogP contribution is 2.26. The highest BCUT2D eigenvalue weighted by molar-refractivity contribution is 4.89. The molecule has 1 rings (SSSR count).